The van der Waals surface area contributed by atoms with Gasteiger partial charge in [-0.1, -0.05) is 31.2 Å². The molecule has 36 heavy (non-hydrogen) atoms. The molecule has 0 bridgehead atoms. The monoisotopic (exact) mass is 486 g/mol. The van der Waals surface area contributed by atoms with E-state index < -0.39 is 0 Å². The highest BCUT2D eigenvalue weighted by molar-refractivity contribution is 6.16. The van der Waals surface area contributed by atoms with Crippen molar-refractivity contribution >= 4 is 30.7 Å². The van der Waals surface area contributed by atoms with E-state index in [1.807, 2.05) is 67.6 Å². The topological polar surface area (TPSA) is 58.2 Å². The van der Waals surface area contributed by atoms with Gasteiger partial charge in [0.05, 0.1) is 41.8 Å². The highest BCUT2D eigenvalue weighted by Crippen LogP contribution is 2.22. The van der Waals surface area contributed by atoms with Crippen molar-refractivity contribution in [3.63, 3.8) is 0 Å². The summed E-state index contributed by atoms with van der Waals surface area (Å²) in [5.74, 6) is -0.310. The second-order valence-electron chi connectivity index (χ2n) is 11.2. The van der Waals surface area contributed by atoms with Crippen LogP contribution in [0, 0.1) is 6.92 Å². The molecule has 188 valence electrons. The van der Waals surface area contributed by atoms with Gasteiger partial charge in [0.1, 0.15) is 0 Å². The minimum Gasteiger partial charge on any atom is -0.345 e. The Morgan fingerprint density at radius 3 is 1.78 bits per heavy atom. The van der Waals surface area contributed by atoms with Gasteiger partial charge in [0.15, 0.2) is 0 Å². The van der Waals surface area contributed by atoms with Crippen molar-refractivity contribution < 1.29 is 18.4 Å². The van der Waals surface area contributed by atoms with Crippen LogP contribution < -0.4 is 10.6 Å². The number of hydrogen-bond donors (Lipinski definition) is 2. The Bertz CT molecular complexity index is 1210. The van der Waals surface area contributed by atoms with Crippen LogP contribution in [0.2, 0.25) is 0 Å². The van der Waals surface area contributed by atoms with Crippen molar-refractivity contribution in [1.29, 1.82) is 0 Å². The third kappa shape index (κ3) is 7.80. The molecule has 0 fully saturated rings. The zero-order chi connectivity index (χ0) is 26.5. The maximum absolute atomic E-state index is 12.9. The van der Waals surface area contributed by atoms with E-state index in [0.29, 0.717) is 16.8 Å². The smallest absolute Gasteiger partial charge is 0.345 e. The van der Waals surface area contributed by atoms with E-state index in [0.717, 1.165) is 40.6 Å². The second kappa shape index (κ2) is 11.1. The van der Waals surface area contributed by atoms with Crippen LogP contribution in [0.4, 0.5) is 11.4 Å². The number of quaternary nitrogens is 2. The zero-order valence-corrected chi connectivity index (χ0v) is 22.7. The molecule has 7 heteroatoms. The largest absolute Gasteiger partial charge is 0.657 e. The first kappa shape index (κ1) is 27.2. The molecule has 0 aliphatic heterocycles. The standard InChI is InChI=1S/C29H37BN4O2/c1-8-22-9-13-24(14-10-22)28(35)31-26-17-18-27(21(2)19-26)32-29(36)25-15-11-23(12-16-25)20-34(6,7)30-33(3,4)5/h9-19,30H,8,20H2,1-7H3/p+2. The van der Waals surface area contributed by atoms with Gasteiger partial charge in [0.2, 0.25) is 0 Å². The lowest BCUT2D eigenvalue weighted by molar-refractivity contribution is -0.888. The van der Waals surface area contributed by atoms with E-state index in [1.54, 1.807) is 6.07 Å². The van der Waals surface area contributed by atoms with E-state index in [4.69, 9.17) is 0 Å². The molecule has 3 aromatic carbocycles. The summed E-state index contributed by atoms with van der Waals surface area (Å²) in [5, 5.41) is 5.93. The van der Waals surface area contributed by atoms with Gasteiger partial charge in [-0.3, -0.25) is 9.59 Å². The van der Waals surface area contributed by atoms with Gasteiger partial charge in [-0.05, 0) is 66.9 Å². The SMILES string of the molecule is CCc1ccc(C(=O)Nc2ccc(NC(=O)c3ccc(C[N+](C)(C)B[N+](C)(C)C)cc3)c(C)c2)cc1. The highest BCUT2D eigenvalue weighted by atomic mass is 16.2. The van der Waals surface area contributed by atoms with E-state index in [2.05, 4.69) is 52.8 Å². The molecule has 0 aliphatic rings. The first-order chi connectivity index (χ1) is 16.8. The van der Waals surface area contributed by atoms with Crippen LogP contribution in [-0.4, -0.2) is 63.4 Å². The lowest BCUT2D eigenvalue weighted by Gasteiger charge is -2.34. The molecule has 0 saturated heterocycles. The van der Waals surface area contributed by atoms with E-state index in [9.17, 15) is 9.59 Å². The van der Waals surface area contributed by atoms with Crippen molar-refractivity contribution in [2.75, 3.05) is 45.9 Å². The number of amides is 2. The number of anilines is 2. The van der Waals surface area contributed by atoms with Gasteiger partial charge in [-0.25, -0.2) is 0 Å². The fourth-order valence-electron chi connectivity index (χ4n) is 4.63. The van der Waals surface area contributed by atoms with Crippen molar-refractivity contribution in [2.45, 2.75) is 26.8 Å². The van der Waals surface area contributed by atoms with Crippen molar-refractivity contribution in [3.8, 4) is 0 Å². The van der Waals surface area contributed by atoms with Crippen LogP contribution in [0.3, 0.4) is 0 Å². The van der Waals surface area contributed by atoms with Crippen molar-refractivity contribution in [2.24, 2.45) is 0 Å². The molecule has 6 nitrogen and oxygen atoms in total. The van der Waals surface area contributed by atoms with Gasteiger partial charge in [0, 0.05) is 28.1 Å². The van der Waals surface area contributed by atoms with Crippen LogP contribution in [0.5, 0.6) is 0 Å². The molecule has 3 aromatic rings. The third-order valence-corrected chi connectivity index (χ3v) is 5.99. The van der Waals surface area contributed by atoms with Gasteiger partial charge >= 0.3 is 7.55 Å². The van der Waals surface area contributed by atoms with Crippen LogP contribution in [0.15, 0.2) is 66.7 Å². The Labute approximate surface area is 216 Å². The fourth-order valence-corrected chi connectivity index (χ4v) is 4.63. The Morgan fingerprint density at radius 2 is 1.28 bits per heavy atom. The van der Waals surface area contributed by atoms with Gasteiger partial charge < -0.3 is 19.4 Å². The molecule has 0 heterocycles. The number of aryl methyl sites for hydroxylation is 2. The first-order valence-electron chi connectivity index (χ1n) is 12.4. The molecule has 2 N–H and O–H groups in total. The fraction of sp³-hybridized carbons (Fsp3) is 0.310. The Morgan fingerprint density at radius 1 is 0.750 bits per heavy atom. The van der Waals surface area contributed by atoms with E-state index in [1.165, 1.54) is 11.1 Å². The summed E-state index contributed by atoms with van der Waals surface area (Å²) in [6, 6.07) is 20.9. The molecule has 0 aromatic heterocycles. The van der Waals surface area contributed by atoms with Gasteiger partial charge in [-0.15, -0.1) is 0 Å². The summed E-state index contributed by atoms with van der Waals surface area (Å²) >= 11 is 0. The van der Waals surface area contributed by atoms with E-state index >= 15 is 0 Å². The molecule has 0 saturated carbocycles. The first-order valence-corrected chi connectivity index (χ1v) is 12.4. The zero-order valence-electron chi connectivity index (χ0n) is 22.7. The lowest BCUT2D eigenvalue weighted by atomic mass is 9.97. The maximum atomic E-state index is 12.9. The molecule has 0 radical (unpaired) electrons. The quantitative estimate of drug-likeness (QED) is 0.434. The van der Waals surface area contributed by atoms with E-state index in [-0.39, 0.29) is 11.8 Å². The normalized spacial score (nSPS) is 11.6. The average molecular weight is 486 g/mol. The minimum absolute atomic E-state index is 0.155. The number of hydrogen-bond acceptors (Lipinski definition) is 2. The van der Waals surface area contributed by atoms with Crippen LogP contribution in [0.25, 0.3) is 0 Å². The van der Waals surface area contributed by atoms with Crippen molar-refractivity contribution in [1.82, 2.24) is 0 Å². The molecular weight excluding hydrogens is 447 g/mol. The Hall–Kier alpha value is -3.42. The Kier molecular flexibility index (Phi) is 8.38. The average Bonchev–Trinajstić information content (AvgIpc) is 2.79. The second-order valence-corrected chi connectivity index (χ2v) is 11.2. The van der Waals surface area contributed by atoms with Crippen LogP contribution in [-0.2, 0) is 13.0 Å². The number of benzene rings is 3. The number of carbonyl (C=O) groups excluding carboxylic acids is 2. The summed E-state index contributed by atoms with van der Waals surface area (Å²) < 4.78 is 1.75. The third-order valence-electron chi connectivity index (χ3n) is 5.99. The predicted octanol–water partition coefficient (Wildman–Crippen LogP) is 4.61. The number of nitrogens with zero attached hydrogens (tertiary/aromatic N) is 2. The molecule has 0 unspecified atom stereocenters. The molecule has 2 amide bonds. The summed E-state index contributed by atoms with van der Waals surface area (Å²) in [4.78, 5) is 25.4. The summed E-state index contributed by atoms with van der Waals surface area (Å²) in [7, 11) is 12.0. The minimum atomic E-state index is -0.155. The summed E-state index contributed by atoms with van der Waals surface area (Å²) in [5.41, 5.74) is 5.90. The molecule has 0 atom stereocenters. The van der Waals surface area contributed by atoms with Crippen LogP contribution >= 0.6 is 0 Å². The molecule has 0 spiro atoms. The number of carbonyl (C=O) groups is 2. The van der Waals surface area contributed by atoms with Gasteiger partial charge in [0.25, 0.3) is 11.8 Å². The molecular formula is C29H39BN4O2+2. The maximum Gasteiger partial charge on any atom is 0.657 e. The molecule has 0 aliphatic carbocycles. The van der Waals surface area contributed by atoms with Crippen LogP contribution in [0.1, 0.15) is 44.3 Å². The molecule has 3 rings (SSSR count). The predicted molar refractivity (Wildman–Crippen MR) is 150 cm³/mol. The van der Waals surface area contributed by atoms with Crippen molar-refractivity contribution in [3.05, 3.63) is 94.5 Å². The highest BCUT2D eigenvalue weighted by Gasteiger charge is 2.31. The number of nitrogens with one attached hydrogen (secondary N) is 2. The lowest BCUT2D eigenvalue weighted by Crippen LogP contribution is -2.56. The summed E-state index contributed by atoms with van der Waals surface area (Å²) in [6.07, 6.45) is 0.937. The number of rotatable bonds is 9. The van der Waals surface area contributed by atoms with Gasteiger partial charge in [-0.2, -0.15) is 0 Å². The summed E-state index contributed by atoms with van der Waals surface area (Å²) in [6.45, 7) is 4.90. The Balaban J connectivity index is 1.61.